The first kappa shape index (κ1) is 24.0. The van der Waals surface area contributed by atoms with E-state index in [0.717, 1.165) is 11.3 Å². The standard InChI is InChI=1S/C19H21ClN2O6S2/c1-3-22(4-2)30(26,27)14-7-5-13(6-8-14)19(25)21-11-18(24)28-12-15(23)16-9-10-17(20)29-16/h5-10H,3-4,11-12H2,1-2H3,(H,21,25). The molecule has 1 aromatic heterocycles. The van der Waals surface area contributed by atoms with Gasteiger partial charge in [-0.2, -0.15) is 4.31 Å². The number of amides is 1. The third-order valence-corrected chi connectivity index (χ3v) is 7.40. The minimum atomic E-state index is -3.62. The van der Waals surface area contributed by atoms with Crippen molar-refractivity contribution >= 4 is 50.6 Å². The van der Waals surface area contributed by atoms with E-state index in [0.29, 0.717) is 22.3 Å². The normalized spacial score (nSPS) is 11.3. The Morgan fingerprint density at radius 3 is 2.23 bits per heavy atom. The molecular formula is C19H21ClN2O6S2. The van der Waals surface area contributed by atoms with E-state index in [1.165, 1.54) is 34.6 Å². The molecule has 11 heteroatoms. The van der Waals surface area contributed by atoms with E-state index in [9.17, 15) is 22.8 Å². The van der Waals surface area contributed by atoms with Gasteiger partial charge < -0.3 is 10.1 Å². The lowest BCUT2D eigenvalue weighted by atomic mass is 10.2. The Morgan fingerprint density at radius 1 is 1.07 bits per heavy atom. The van der Waals surface area contributed by atoms with Gasteiger partial charge in [-0.3, -0.25) is 14.4 Å². The Labute approximate surface area is 183 Å². The lowest BCUT2D eigenvalue weighted by Gasteiger charge is -2.18. The number of rotatable bonds is 10. The van der Waals surface area contributed by atoms with Crippen molar-refractivity contribution in [3.8, 4) is 0 Å². The van der Waals surface area contributed by atoms with Crippen molar-refractivity contribution in [3.05, 3.63) is 51.2 Å². The van der Waals surface area contributed by atoms with Crippen LogP contribution in [0.1, 0.15) is 33.9 Å². The van der Waals surface area contributed by atoms with Crippen LogP contribution in [-0.2, 0) is 19.6 Å². The van der Waals surface area contributed by atoms with Crippen LogP contribution in [0.4, 0.5) is 0 Å². The largest absolute Gasteiger partial charge is 0.456 e. The Bertz CT molecular complexity index is 1010. The molecule has 0 bridgehead atoms. The van der Waals surface area contributed by atoms with Crippen molar-refractivity contribution in [1.82, 2.24) is 9.62 Å². The number of nitrogens with one attached hydrogen (secondary N) is 1. The zero-order chi connectivity index (χ0) is 22.3. The van der Waals surface area contributed by atoms with E-state index in [2.05, 4.69) is 5.32 Å². The molecule has 0 saturated carbocycles. The van der Waals surface area contributed by atoms with Crippen molar-refractivity contribution in [2.75, 3.05) is 26.2 Å². The number of ether oxygens (including phenoxy) is 1. The van der Waals surface area contributed by atoms with Crippen LogP contribution in [-0.4, -0.2) is 56.6 Å². The van der Waals surface area contributed by atoms with Gasteiger partial charge in [-0.15, -0.1) is 11.3 Å². The highest BCUT2D eigenvalue weighted by Crippen LogP contribution is 2.21. The third-order valence-electron chi connectivity index (χ3n) is 4.07. The van der Waals surface area contributed by atoms with Crippen molar-refractivity contribution in [2.45, 2.75) is 18.7 Å². The average Bonchev–Trinajstić information content (AvgIpc) is 3.17. The molecule has 0 aliphatic carbocycles. The fourth-order valence-electron chi connectivity index (χ4n) is 2.48. The van der Waals surface area contributed by atoms with Gasteiger partial charge >= 0.3 is 5.97 Å². The summed E-state index contributed by atoms with van der Waals surface area (Å²) in [5, 5.41) is 2.37. The minimum absolute atomic E-state index is 0.0781. The van der Waals surface area contributed by atoms with Crippen molar-refractivity contribution in [2.24, 2.45) is 0 Å². The number of ketones is 1. The Morgan fingerprint density at radius 2 is 1.70 bits per heavy atom. The number of thiophene rings is 1. The number of hydrogen-bond donors (Lipinski definition) is 1. The molecule has 1 amide bonds. The van der Waals surface area contributed by atoms with E-state index >= 15 is 0 Å². The fraction of sp³-hybridized carbons (Fsp3) is 0.316. The maximum absolute atomic E-state index is 12.5. The van der Waals surface area contributed by atoms with Crippen LogP contribution in [0.25, 0.3) is 0 Å². The summed E-state index contributed by atoms with van der Waals surface area (Å²) in [6.45, 7) is 3.27. The van der Waals surface area contributed by atoms with Gasteiger partial charge in [0.1, 0.15) is 6.54 Å². The van der Waals surface area contributed by atoms with Gasteiger partial charge in [0.2, 0.25) is 15.8 Å². The summed E-state index contributed by atoms with van der Waals surface area (Å²) in [5.41, 5.74) is 0.186. The predicted octanol–water partition coefficient (Wildman–Crippen LogP) is 2.59. The molecular weight excluding hydrogens is 452 g/mol. The number of benzene rings is 1. The maximum atomic E-state index is 12.5. The Hall–Kier alpha value is -2.27. The second kappa shape index (κ2) is 10.7. The number of carbonyl (C=O) groups is 3. The monoisotopic (exact) mass is 472 g/mol. The van der Waals surface area contributed by atoms with Gasteiger partial charge in [0.05, 0.1) is 14.1 Å². The first-order valence-electron chi connectivity index (χ1n) is 9.01. The lowest BCUT2D eigenvalue weighted by molar-refractivity contribution is -0.141. The number of carbonyl (C=O) groups excluding carboxylic acids is 3. The summed E-state index contributed by atoms with van der Waals surface area (Å²) < 4.78 is 31.5. The molecule has 30 heavy (non-hydrogen) atoms. The van der Waals surface area contributed by atoms with Crippen LogP contribution in [0.5, 0.6) is 0 Å². The first-order valence-corrected chi connectivity index (χ1v) is 11.6. The second-order valence-electron chi connectivity index (χ2n) is 5.98. The third kappa shape index (κ3) is 6.11. The molecule has 0 atom stereocenters. The number of hydrogen-bond acceptors (Lipinski definition) is 7. The van der Waals surface area contributed by atoms with Gasteiger partial charge in [-0.25, -0.2) is 8.42 Å². The molecule has 0 saturated heterocycles. The van der Waals surface area contributed by atoms with Gasteiger partial charge in [-0.1, -0.05) is 25.4 Å². The van der Waals surface area contributed by atoms with E-state index < -0.39 is 40.8 Å². The van der Waals surface area contributed by atoms with Gasteiger partial charge in [0.25, 0.3) is 5.91 Å². The lowest BCUT2D eigenvalue weighted by Crippen LogP contribution is -2.32. The van der Waals surface area contributed by atoms with E-state index in [4.69, 9.17) is 16.3 Å². The molecule has 8 nitrogen and oxygen atoms in total. The number of Topliss-reactive ketones (excluding diaryl/α,β-unsaturated/α-hetero) is 1. The van der Waals surface area contributed by atoms with Gasteiger partial charge in [0, 0.05) is 18.7 Å². The number of esters is 1. The van der Waals surface area contributed by atoms with E-state index in [1.54, 1.807) is 19.9 Å². The van der Waals surface area contributed by atoms with Crippen molar-refractivity contribution in [1.29, 1.82) is 0 Å². The average molecular weight is 473 g/mol. The molecule has 1 heterocycles. The molecule has 0 aliphatic heterocycles. The molecule has 0 unspecified atom stereocenters. The molecule has 0 spiro atoms. The van der Waals surface area contributed by atoms with Crippen molar-refractivity contribution < 1.29 is 27.5 Å². The van der Waals surface area contributed by atoms with E-state index in [1.807, 2.05) is 0 Å². The van der Waals surface area contributed by atoms with Crippen LogP contribution in [0.3, 0.4) is 0 Å². The topological polar surface area (TPSA) is 110 Å². The van der Waals surface area contributed by atoms with E-state index in [-0.39, 0.29) is 10.5 Å². The van der Waals surface area contributed by atoms with Gasteiger partial charge in [0.15, 0.2) is 6.61 Å². The predicted molar refractivity (Wildman–Crippen MR) is 114 cm³/mol. The highest BCUT2D eigenvalue weighted by atomic mass is 35.5. The summed E-state index contributed by atoms with van der Waals surface area (Å²) in [7, 11) is -3.62. The second-order valence-corrected chi connectivity index (χ2v) is 9.64. The first-order chi connectivity index (χ1) is 14.2. The van der Waals surface area contributed by atoms with Crippen LogP contribution in [0, 0.1) is 0 Å². The molecule has 2 aromatic rings. The van der Waals surface area contributed by atoms with Crippen LogP contribution >= 0.6 is 22.9 Å². The molecule has 162 valence electrons. The number of sulfonamides is 1. The van der Waals surface area contributed by atoms with Crippen LogP contribution in [0.15, 0.2) is 41.3 Å². The van der Waals surface area contributed by atoms with Crippen LogP contribution in [0.2, 0.25) is 4.34 Å². The summed E-state index contributed by atoms with van der Waals surface area (Å²) in [6, 6.07) is 8.51. The fourth-order valence-corrected chi connectivity index (χ4v) is 4.90. The summed E-state index contributed by atoms with van der Waals surface area (Å²) >= 11 is 6.83. The quantitative estimate of drug-likeness (QED) is 0.420. The number of halogens is 1. The SMILES string of the molecule is CCN(CC)S(=O)(=O)c1ccc(C(=O)NCC(=O)OCC(=O)c2ccc(Cl)s2)cc1. The highest BCUT2D eigenvalue weighted by molar-refractivity contribution is 7.89. The minimum Gasteiger partial charge on any atom is -0.456 e. The molecule has 1 aromatic carbocycles. The zero-order valence-corrected chi connectivity index (χ0v) is 18.8. The molecule has 1 N–H and O–H groups in total. The molecule has 0 aliphatic rings. The zero-order valence-electron chi connectivity index (χ0n) is 16.4. The highest BCUT2D eigenvalue weighted by Gasteiger charge is 2.21. The summed E-state index contributed by atoms with van der Waals surface area (Å²) in [6.07, 6.45) is 0. The molecule has 0 radical (unpaired) electrons. The molecule has 2 rings (SSSR count). The van der Waals surface area contributed by atoms with Crippen molar-refractivity contribution in [3.63, 3.8) is 0 Å². The Kier molecular flexibility index (Phi) is 8.54. The summed E-state index contributed by atoms with van der Waals surface area (Å²) in [4.78, 5) is 36.2. The smallest absolute Gasteiger partial charge is 0.325 e. The van der Waals surface area contributed by atoms with Gasteiger partial charge in [-0.05, 0) is 36.4 Å². The Balaban J connectivity index is 1.87. The number of nitrogens with zero attached hydrogens (tertiary/aromatic N) is 1. The summed E-state index contributed by atoms with van der Waals surface area (Å²) in [5.74, 6) is -1.74. The van der Waals surface area contributed by atoms with Crippen LogP contribution < -0.4 is 5.32 Å². The molecule has 0 fully saturated rings. The maximum Gasteiger partial charge on any atom is 0.325 e.